The van der Waals surface area contributed by atoms with E-state index in [1.165, 1.54) is 0 Å². The van der Waals surface area contributed by atoms with Crippen molar-refractivity contribution in [3.05, 3.63) is 11.7 Å². The van der Waals surface area contributed by atoms with E-state index in [-0.39, 0.29) is 29.6 Å². The third-order valence-corrected chi connectivity index (χ3v) is 2.90. The van der Waals surface area contributed by atoms with Gasteiger partial charge in [-0.15, -0.1) is 0 Å². The van der Waals surface area contributed by atoms with Gasteiger partial charge in [0.25, 0.3) is 0 Å². The Morgan fingerprint density at radius 2 is 1.90 bits per heavy atom. The molecule has 0 saturated heterocycles. The van der Waals surface area contributed by atoms with E-state index in [1.54, 1.807) is 6.92 Å². The maximum atomic E-state index is 12.6. The van der Waals surface area contributed by atoms with Crippen LogP contribution < -0.4 is 5.73 Å². The molecule has 0 aliphatic heterocycles. The van der Waals surface area contributed by atoms with E-state index in [4.69, 9.17) is 10.3 Å². The second kappa shape index (κ2) is 7.17. The van der Waals surface area contributed by atoms with Crippen LogP contribution in [0, 0.1) is 5.92 Å². The minimum absolute atomic E-state index is 0.0152. The number of ether oxygens (including phenoxy) is 1. The maximum absolute atomic E-state index is 12.6. The SMILES string of the molecule is CC(C)C(c1nc(COCC(F)(F)C(F)F)no1)C(C)N. The van der Waals surface area contributed by atoms with Gasteiger partial charge in [-0.25, -0.2) is 8.78 Å². The van der Waals surface area contributed by atoms with Gasteiger partial charge in [-0.05, 0) is 12.8 Å². The fourth-order valence-corrected chi connectivity index (χ4v) is 1.92. The Labute approximate surface area is 119 Å². The quantitative estimate of drug-likeness (QED) is 0.747. The molecular weight excluding hydrogens is 294 g/mol. The molecule has 2 N–H and O–H groups in total. The highest BCUT2D eigenvalue weighted by molar-refractivity contribution is 4.98. The van der Waals surface area contributed by atoms with Crippen LogP contribution in [-0.4, -0.2) is 35.1 Å². The molecule has 9 heteroatoms. The summed E-state index contributed by atoms with van der Waals surface area (Å²) in [5, 5.41) is 3.57. The summed E-state index contributed by atoms with van der Waals surface area (Å²) in [6.07, 6.45) is -3.78. The van der Waals surface area contributed by atoms with Crippen LogP contribution in [-0.2, 0) is 11.3 Å². The lowest BCUT2D eigenvalue weighted by atomic mass is 9.90. The van der Waals surface area contributed by atoms with Gasteiger partial charge in [0.1, 0.15) is 13.2 Å². The number of aromatic nitrogens is 2. The molecule has 0 aliphatic carbocycles. The van der Waals surface area contributed by atoms with Gasteiger partial charge in [0.15, 0.2) is 5.82 Å². The Hall–Kier alpha value is -1.22. The van der Waals surface area contributed by atoms with E-state index < -0.39 is 25.6 Å². The first-order valence-corrected chi connectivity index (χ1v) is 6.47. The van der Waals surface area contributed by atoms with Crippen molar-refractivity contribution in [2.45, 2.75) is 51.7 Å². The van der Waals surface area contributed by atoms with Crippen LogP contribution in [0.15, 0.2) is 4.52 Å². The number of alkyl halides is 4. The highest BCUT2D eigenvalue weighted by Crippen LogP contribution is 2.26. The molecule has 0 fully saturated rings. The first kappa shape index (κ1) is 17.8. The Morgan fingerprint density at radius 1 is 1.29 bits per heavy atom. The molecule has 2 unspecified atom stereocenters. The zero-order chi connectivity index (χ0) is 16.2. The van der Waals surface area contributed by atoms with E-state index in [2.05, 4.69) is 14.9 Å². The number of hydrogen-bond donors (Lipinski definition) is 1. The van der Waals surface area contributed by atoms with Crippen LogP contribution in [0.2, 0.25) is 0 Å². The van der Waals surface area contributed by atoms with Crippen molar-refractivity contribution in [1.29, 1.82) is 0 Å². The van der Waals surface area contributed by atoms with E-state index >= 15 is 0 Å². The molecule has 0 aliphatic rings. The van der Waals surface area contributed by atoms with Gasteiger partial charge in [-0.3, -0.25) is 0 Å². The lowest BCUT2D eigenvalue weighted by Gasteiger charge is -2.20. The molecule has 5 nitrogen and oxygen atoms in total. The zero-order valence-electron chi connectivity index (χ0n) is 12.0. The van der Waals surface area contributed by atoms with Crippen molar-refractivity contribution in [3.63, 3.8) is 0 Å². The second-order valence-electron chi connectivity index (χ2n) is 5.23. The van der Waals surface area contributed by atoms with Crippen molar-refractivity contribution in [3.8, 4) is 0 Å². The molecule has 122 valence electrons. The van der Waals surface area contributed by atoms with Crippen LogP contribution in [0.25, 0.3) is 0 Å². The van der Waals surface area contributed by atoms with Crippen molar-refractivity contribution in [1.82, 2.24) is 10.1 Å². The normalized spacial score (nSPS) is 15.7. The largest absolute Gasteiger partial charge is 0.367 e. The summed E-state index contributed by atoms with van der Waals surface area (Å²) in [5.41, 5.74) is 5.83. The van der Waals surface area contributed by atoms with Gasteiger partial charge in [0, 0.05) is 6.04 Å². The van der Waals surface area contributed by atoms with Gasteiger partial charge >= 0.3 is 12.3 Å². The summed E-state index contributed by atoms with van der Waals surface area (Å²) in [7, 11) is 0. The van der Waals surface area contributed by atoms with E-state index in [1.807, 2.05) is 13.8 Å². The number of halogens is 4. The average Bonchev–Trinajstić information content (AvgIpc) is 2.76. The molecule has 21 heavy (non-hydrogen) atoms. The van der Waals surface area contributed by atoms with E-state index in [9.17, 15) is 17.6 Å². The summed E-state index contributed by atoms with van der Waals surface area (Å²) in [6.45, 7) is 3.80. The molecular formula is C12H19F4N3O2. The molecule has 1 aromatic heterocycles. The molecule has 2 atom stereocenters. The monoisotopic (exact) mass is 313 g/mol. The van der Waals surface area contributed by atoms with Crippen molar-refractivity contribution in [2.75, 3.05) is 6.61 Å². The van der Waals surface area contributed by atoms with Crippen molar-refractivity contribution >= 4 is 0 Å². The number of nitrogens with zero attached hydrogens (tertiary/aromatic N) is 2. The van der Waals surface area contributed by atoms with Crippen LogP contribution in [0.1, 0.15) is 38.4 Å². The number of nitrogens with two attached hydrogens (primary N) is 1. The van der Waals surface area contributed by atoms with Gasteiger partial charge < -0.3 is 15.0 Å². The Kier molecular flexibility index (Phi) is 6.09. The first-order valence-electron chi connectivity index (χ1n) is 6.47. The lowest BCUT2D eigenvalue weighted by Crippen LogP contribution is -2.32. The lowest BCUT2D eigenvalue weighted by molar-refractivity contribution is -0.168. The fraction of sp³-hybridized carbons (Fsp3) is 0.833. The highest BCUT2D eigenvalue weighted by atomic mass is 19.3. The van der Waals surface area contributed by atoms with Crippen LogP contribution in [0.4, 0.5) is 17.6 Å². The van der Waals surface area contributed by atoms with Gasteiger partial charge in [-0.2, -0.15) is 13.8 Å². The molecule has 0 spiro atoms. The van der Waals surface area contributed by atoms with Crippen LogP contribution in [0.5, 0.6) is 0 Å². The fourth-order valence-electron chi connectivity index (χ4n) is 1.92. The smallest absolute Gasteiger partial charge is 0.330 e. The third kappa shape index (κ3) is 4.92. The van der Waals surface area contributed by atoms with Crippen molar-refractivity contribution in [2.24, 2.45) is 11.7 Å². The van der Waals surface area contributed by atoms with Crippen LogP contribution in [0.3, 0.4) is 0 Å². The first-order chi connectivity index (χ1) is 9.65. The Bertz CT molecular complexity index is 430. The standard InChI is InChI=1S/C12H19F4N3O2/c1-6(2)9(7(3)17)10-18-8(19-21-10)4-20-5-12(15,16)11(13)14/h6-7,9,11H,4-5,17H2,1-3H3. The molecule has 0 aromatic carbocycles. The van der Waals surface area contributed by atoms with Gasteiger partial charge in [0.2, 0.25) is 5.89 Å². The van der Waals surface area contributed by atoms with Crippen molar-refractivity contribution < 1.29 is 26.8 Å². The molecule has 1 heterocycles. The predicted octanol–water partition coefficient (Wildman–Crippen LogP) is 2.57. The Morgan fingerprint density at radius 3 is 2.38 bits per heavy atom. The summed E-state index contributed by atoms with van der Waals surface area (Å²) >= 11 is 0. The van der Waals surface area contributed by atoms with Crippen LogP contribution >= 0.6 is 0 Å². The minimum atomic E-state index is -4.20. The molecule has 0 saturated carbocycles. The highest BCUT2D eigenvalue weighted by Gasteiger charge is 2.41. The van der Waals surface area contributed by atoms with Gasteiger partial charge in [0.05, 0.1) is 5.92 Å². The molecule has 0 bridgehead atoms. The number of rotatable bonds is 8. The van der Waals surface area contributed by atoms with Gasteiger partial charge in [-0.1, -0.05) is 19.0 Å². The summed E-state index contributed by atoms with van der Waals surface area (Å²) in [4.78, 5) is 4.00. The zero-order valence-corrected chi connectivity index (χ0v) is 12.0. The summed E-state index contributed by atoms with van der Waals surface area (Å²) < 4.78 is 58.7. The third-order valence-electron chi connectivity index (χ3n) is 2.90. The predicted molar refractivity (Wildman–Crippen MR) is 66.1 cm³/mol. The maximum Gasteiger partial charge on any atom is 0.330 e. The molecule has 0 amide bonds. The Balaban J connectivity index is 2.60. The average molecular weight is 313 g/mol. The molecule has 1 rings (SSSR count). The molecule has 0 radical (unpaired) electrons. The molecule has 1 aromatic rings. The topological polar surface area (TPSA) is 74.2 Å². The van der Waals surface area contributed by atoms with E-state index in [0.29, 0.717) is 0 Å². The van der Waals surface area contributed by atoms with E-state index in [0.717, 1.165) is 0 Å². The summed E-state index contributed by atoms with van der Waals surface area (Å²) in [6, 6.07) is -0.234. The minimum Gasteiger partial charge on any atom is -0.367 e. The number of hydrogen-bond acceptors (Lipinski definition) is 5. The second-order valence-corrected chi connectivity index (χ2v) is 5.23. The summed E-state index contributed by atoms with van der Waals surface area (Å²) in [5.74, 6) is -3.95.